The van der Waals surface area contributed by atoms with Crippen LogP contribution in [0.2, 0.25) is 0 Å². The summed E-state index contributed by atoms with van der Waals surface area (Å²) in [7, 11) is 1.97. The summed E-state index contributed by atoms with van der Waals surface area (Å²) < 4.78 is 28.8. The standard InChI is InChI=1S/C24H23F2N3/c1-16-17(2)29(14-18-4-6-19(25)7-5-18)24-22(16)12-13-27-23(24)15-28(3)21-10-8-20(26)9-11-21/h4-13H,14-15H2,1-3H3. The molecule has 2 aromatic carbocycles. The predicted octanol–water partition coefficient (Wildman–Crippen LogP) is 5.62. The molecule has 0 radical (unpaired) electrons. The van der Waals surface area contributed by atoms with E-state index in [0.29, 0.717) is 13.1 Å². The van der Waals surface area contributed by atoms with Gasteiger partial charge in [-0.1, -0.05) is 12.1 Å². The number of pyridine rings is 1. The van der Waals surface area contributed by atoms with Crippen LogP contribution in [0.3, 0.4) is 0 Å². The molecule has 0 bridgehead atoms. The average molecular weight is 391 g/mol. The van der Waals surface area contributed by atoms with E-state index in [1.54, 1.807) is 12.1 Å². The second-order valence-corrected chi connectivity index (χ2v) is 7.41. The highest BCUT2D eigenvalue weighted by molar-refractivity contribution is 5.87. The molecule has 148 valence electrons. The molecule has 0 amide bonds. The van der Waals surface area contributed by atoms with Gasteiger partial charge in [-0.2, -0.15) is 0 Å². The van der Waals surface area contributed by atoms with E-state index in [1.807, 2.05) is 31.4 Å². The lowest BCUT2D eigenvalue weighted by Gasteiger charge is -2.20. The third kappa shape index (κ3) is 3.73. The normalized spacial score (nSPS) is 11.2. The highest BCUT2D eigenvalue weighted by Crippen LogP contribution is 2.29. The van der Waals surface area contributed by atoms with Crippen LogP contribution < -0.4 is 4.90 Å². The summed E-state index contributed by atoms with van der Waals surface area (Å²) in [5.41, 5.74) is 6.38. The first-order valence-electron chi connectivity index (χ1n) is 9.58. The molecule has 0 N–H and O–H groups in total. The first-order valence-corrected chi connectivity index (χ1v) is 9.58. The molecule has 0 saturated heterocycles. The van der Waals surface area contributed by atoms with Crippen LogP contribution in [0, 0.1) is 25.5 Å². The van der Waals surface area contributed by atoms with Gasteiger partial charge in [0, 0.05) is 36.6 Å². The number of nitrogens with zero attached hydrogens (tertiary/aromatic N) is 3. The van der Waals surface area contributed by atoms with Gasteiger partial charge in [-0.25, -0.2) is 8.78 Å². The third-order valence-corrected chi connectivity index (χ3v) is 5.53. The summed E-state index contributed by atoms with van der Waals surface area (Å²) in [6, 6.07) is 15.1. The predicted molar refractivity (Wildman–Crippen MR) is 113 cm³/mol. The second-order valence-electron chi connectivity index (χ2n) is 7.41. The van der Waals surface area contributed by atoms with Crippen molar-refractivity contribution in [1.82, 2.24) is 9.55 Å². The van der Waals surface area contributed by atoms with E-state index in [0.717, 1.165) is 22.5 Å². The highest BCUT2D eigenvalue weighted by Gasteiger charge is 2.17. The zero-order valence-corrected chi connectivity index (χ0v) is 16.8. The Morgan fingerprint density at radius 1 is 0.897 bits per heavy atom. The van der Waals surface area contributed by atoms with Crippen molar-refractivity contribution in [2.75, 3.05) is 11.9 Å². The Hall–Kier alpha value is -3.21. The molecule has 2 heterocycles. The number of halogens is 2. The molecule has 0 aliphatic rings. The molecule has 0 unspecified atom stereocenters. The molecule has 4 rings (SSSR count). The van der Waals surface area contributed by atoms with Crippen LogP contribution in [0.1, 0.15) is 22.5 Å². The van der Waals surface area contributed by atoms with E-state index < -0.39 is 0 Å². The quantitative estimate of drug-likeness (QED) is 0.440. The fourth-order valence-electron chi connectivity index (χ4n) is 3.76. The number of aromatic nitrogens is 2. The van der Waals surface area contributed by atoms with E-state index >= 15 is 0 Å². The van der Waals surface area contributed by atoms with Crippen molar-refractivity contribution in [2.24, 2.45) is 0 Å². The molecule has 4 aromatic rings. The van der Waals surface area contributed by atoms with Gasteiger partial charge in [-0.05, 0) is 67.4 Å². The second kappa shape index (κ2) is 7.66. The minimum Gasteiger partial charge on any atom is -0.369 e. The smallest absolute Gasteiger partial charge is 0.123 e. The summed E-state index contributed by atoms with van der Waals surface area (Å²) in [6.45, 7) is 5.46. The van der Waals surface area contributed by atoms with E-state index in [-0.39, 0.29) is 11.6 Å². The lowest BCUT2D eigenvalue weighted by molar-refractivity contribution is 0.626. The van der Waals surface area contributed by atoms with Crippen molar-refractivity contribution in [3.05, 3.63) is 94.9 Å². The van der Waals surface area contributed by atoms with Crippen LogP contribution in [0.25, 0.3) is 10.9 Å². The maximum Gasteiger partial charge on any atom is 0.123 e. The Kier molecular flexibility index (Phi) is 5.05. The van der Waals surface area contributed by atoms with Crippen LogP contribution in [0.15, 0.2) is 60.8 Å². The van der Waals surface area contributed by atoms with Gasteiger partial charge in [0.15, 0.2) is 0 Å². The van der Waals surface area contributed by atoms with E-state index in [4.69, 9.17) is 0 Å². The minimum absolute atomic E-state index is 0.234. The first-order chi connectivity index (χ1) is 13.9. The molecule has 3 nitrogen and oxygen atoms in total. The van der Waals surface area contributed by atoms with Gasteiger partial charge < -0.3 is 9.47 Å². The topological polar surface area (TPSA) is 21.1 Å². The van der Waals surface area contributed by atoms with Crippen LogP contribution in [0.5, 0.6) is 0 Å². The van der Waals surface area contributed by atoms with Crippen LogP contribution in [-0.2, 0) is 13.1 Å². The van der Waals surface area contributed by atoms with Gasteiger partial charge in [0.2, 0.25) is 0 Å². The van der Waals surface area contributed by atoms with Gasteiger partial charge in [-0.15, -0.1) is 0 Å². The molecule has 5 heteroatoms. The Labute approximate surface area is 169 Å². The monoisotopic (exact) mass is 391 g/mol. The van der Waals surface area contributed by atoms with E-state index in [2.05, 4.69) is 28.3 Å². The molecule has 0 fully saturated rings. The van der Waals surface area contributed by atoms with Gasteiger partial charge in [-0.3, -0.25) is 4.98 Å². The Morgan fingerprint density at radius 2 is 1.52 bits per heavy atom. The Morgan fingerprint density at radius 3 is 2.17 bits per heavy atom. The maximum absolute atomic E-state index is 13.3. The Balaban J connectivity index is 1.75. The third-order valence-electron chi connectivity index (χ3n) is 5.53. The SMILES string of the molecule is Cc1c(C)n(Cc2ccc(F)cc2)c2c(CN(C)c3ccc(F)cc3)nccc12. The Bertz CT molecular complexity index is 1150. The van der Waals surface area contributed by atoms with Crippen LogP contribution in [0.4, 0.5) is 14.5 Å². The first kappa shape index (κ1) is 19.1. The van der Waals surface area contributed by atoms with Gasteiger partial charge in [0.25, 0.3) is 0 Å². The molecule has 0 aliphatic carbocycles. The number of rotatable bonds is 5. The van der Waals surface area contributed by atoms with E-state index in [1.165, 1.54) is 40.9 Å². The molecule has 0 aliphatic heterocycles. The van der Waals surface area contributed by atoms with Crippen LogP contribution >= 0.6 is 0 Å². The van der Waals surface area contributed by atoms with Crippen molar-refractivity contribution in [2.45, 2.75) is 26.9 Å². The van der Waals surface area contributed by atoms with Crippen molar-refractivity contribution < 1.29 is 8.78 Å². The van der Waals surface area contributed by atoms with Gasteiger partial charge in [0.05, 0.1) is 17.8 Å². The average Bonchev–Trinajstić information content (AvgIpc) is 2.96. The molecule has 2 aromatic heterocycles. The molecular weight excluding hydrogens is 368 g/mol. The molecule has 0 saturated carbocycles. The number of hydrogen-bond acceptors (Lipinski definition) is 2. The number of hydrogen-bond donors (Lipinski definition) is 0. The summed E-state index contributed by atoms with van der Waals surface area (Å²) in [5.74, 6) is -0.482. The number of benzene rings is 2. The fraction of sp³-hybridized carbons (Fsp3) is 0.208. The molecule has 0 spiro atoms. The zero-order valence-electron chi connectivity index (χ0n) is 16.8. The van der Waals surface area contributed by atoms with Gasteiger partial charge >= 0.3 is 0 Å². The zero-order chi connectivity index (χ0) is 20.5. The molecular formula is C24H23F2N3. The van der Waals surface area contributed by atoms with Crippen molar-refractivity contribution in [3.8, 4) is 0 Å². The summed E-state index contributed by atoms with van der Waals surface area (Å²) in [5, 5.41) is 1.17. The number of anilines is 1. The maximum atomic E-state index is 13.3. The van der Waals surface area contributed by atoms with Gasteiger partial charge in [0.1, 0.15) is 11.6 Å². The highest BCUT2D eigenvalue weighted by atomic mass is 19.1. The summed E-state index contributed by atoms with van der Waals surface area (Å²) in [4.78, 5) is 6.72. The van der Waals surface area contributed by atoms with Crippen molar-refractivity contribution in [3.63, 3.8) is 0 Å². The molecule has 0 atom stereocenters. The lowest BCUT2D eigenvalue weighted by Crippen LogP contribution is -2.18. The van der Waals surface area contributed by atoms with Crippen molar-refractivity contribution >= 4 is 16.6 Å². The fourth-order valence-corrected chi connectivity index (χ4v) is 3.76. The largest absolute Gasteiger partial charge is 0.369 e. The minimum atomic E-state index is -0.248. The summed E-state index contributed by atoms with van der Waals surface area (Å²) >= 11 is 0. The number of fused-ring (bicyclic) bond motifs is 1. The lowest BCUT2D eigenvalue weighted by atomic mass is 10.1. The number of aryl methyl sites for hydroxylation is 1. The van der Waals surface area contributed by atoms with Crippen molar-refractivity contribution in [1.29, 1.82) is 0 Å². The van der Waals surface area contributed by atoms with E-state index in [9.17, 15) is 8.78 Å². The van der Waals surface area contributed by atoms with Crippen LogP contribution in [-0.4, -0.2) is 16.6 Å². The summed E-state index contributed by atoms with van der Waals surface area (Å²) in [6.07, 6.45) is 1.84. The molecule has 29 heavy (non-hydrogen) atoms.